The van der Waals surface area contributed by atoms with Gasteiger partial charge >= 0.3 is 0 Å². The van der Waals surface area contributed by atoms with Gasteiger partial charge in [-0.15, -0.1) is 0 Å². The molecule has 1 saturated carbocycles. The van der Waals surface area contributed by atoms with Crippen molar-refractivity contribution >= 4 is 11.8 Å². The van der Waals surface area contributed by atoms with Crippen LogP contribution in [0.3, 0.4) is 0 Å². The van der Waals surface area contributed by atoms with Gasteiger partial charge in [0.05, 0.1) is 0 Å². The van der Waals surface area contributed by atoms with E-state index in [4.69, 9.17) is 0 Å². The van der Waals surface area contributed by atoms with Gasteiger partial charge in [-0.25, -0.2) is 0 Å². The van der Waals surface area contributed by atoms with E-state index in [9.17, 15) is 9.59 Å². The maximum atomic E-state index is 11.5. The molecule has 1 heterocycles. The summed E-state index contributed by atoms with van der Waals surface area (Å²) in [5.74, 6) is 0.0730. The van der Waals surface area contributed by atoms with Crippen LogP contribution in [-0.2, 0) is 9.59 Å². The molecule has 0 atom stereocenters. The molecule has 0 aromatic heterocycles. The van der Waals surface area contributed by atoms with Crippen molar-refractivity contribution in [2.45, 2.75) is 51.0 Å². The second kappa shape index (κ2) is 2.82. The fourth-order valence-electron chi connectivity index (χ4n) is 2.54. The van der Waals surface area contributed by atoms with Crippen LogP contribution in [0.1, 0.15) is 45.4 Å². The first-order valence-electron chi connectivity index (χ1n) is 4.99. The van der Waals surface area contributed by atoms with Crippen LogP contribution < -0.4 is 0 Å². The normalized spacial score (nSPS) is 27.3. The lowest BCUT2D eigenvalue weighted by molar-refractivity contribution is -0.144. The van der Waals surface area contributed by atoms with Crippen molar-refractivity contribution in [3.05, 3.63) is 0 Å². The van der Waals surface area contributed by atoms with Crippen molar-refractivity contribution in [1.29, 1.82) is 0 Å². The molecule has 0 aromatic carbocycles. The first-order chi connectivity index (χ1) is 6.13. The molecule has 3 nitrogen and oxygen atoms in total. The van der Waals surface area contributed by atoms with Crippen molar-refractivity contribution in [2.24, 2.45) is 0 Å². The Kier molecular flexibility index (Phi) is 1.90. The van der Waals surface area contributed by atoms with E-state index < -0.39 is 0 Å². The van der Waals surface area contributed by atoms with Crippen LogP contribution in [0.15, 0.2) is 0 Å². The Bertz CT molecular complexity index is 238. The van der Waals surface area contributed by atoms with E-state index >= 15 is 0 Å². The number of likely N-dealkylation sites (tertiary alicyclic amines) is 1. The smallest absolute Gasteiger partial charge is 0.230 e. The predicted molar refractivity (Wildman–Crippen MR) is 48.0 cm³/mol. The number of rotatable bonds is 1. The molecule has 0 aromatic rings. The molecular weight excluding hydrogens is 166 g/mol. The Morgan fingerprint density at radius 2 is 1.54 bits per heavy atom. The van der Waals surface area contributed by atoms with Crippen LogP contribution in [0.5, 0.6) is 0 Å². The third-order valence-corrected chi connectivity index (χ3v) is 3.27. The summed E-state index contributed by atoms with van der Waals surface area (Å²) in [4.78, 5) is 24.5. The van der Waals surface area contributed by atoms with Crippen molar-refractivity contribution in [3.63, 3.8) is 0 Å². The second-order valence-electron chi connectivity index (χ2n) is 4.33. The zero-order valence-corrected chi connectivity index (χ0v) is 8.01. The third-order valence-electron chi connectivity index (χ3n) is 3.27. The largest absolute Gasteiger partial charge is 0.277 e. The summed E-state index contributed by atoms with van der Waals surface area (Å²) >= 11 is 0. The van der Waals surface area contributed by atoms with Crippen LogP contribution in [0.25, 0.3) is 0 Å². The molecule has 3 heteroatoms. The summed E-state index contributed by atoms with van der Waals surface area (Å²) in [6.07, 6.45) is 5.12. The molecule has 0 unspecified atom stereocenters. The zero-order valence-electron chi connectivity index (χ0n) is 8.01. The number of imide groups is 1. The lowest BCUT2D eigenvalue weighted by Crippen LogP contribution is -2.47. The minimum Gasteiger partial charge on any atom is -0.277 e. The maximum Gasteiger partial charge on any atom is 0.230 e. The highest BCUT2D eigenvalue weighted by Gasteiger charge is 2.44. The SMILES string of the molecule is CC1(N2C(=O)CCC2=O)CCCC1. The van der Waals surface area contributed by atoms with Gasteiger partial charge in [-0.05, 0) is 19.8 Å². The van der Waals surface area contributed by atoms with E-state index in [2.05, 4.69) is 0 Å². The summed E-state index contributed by atoms with van der Waals surface area (Å²) in [6.45, 7) is 2.04. The fraction of sp³-hybridized carbons (Fsp3) is 0.800. The van der Waals surface area contributed by atoms with Gasteiger partial charge in [-0.3, -0.25) is 14.5 Å². The number of carbonyl (C=O) groups excluding carboxylic acids is 2. The van der Waals surface area contributed by atoms with E-state index in [1.807, 2.05) is 6.92 Å². The minimum atomic E-state index is -0.148. The summed E-state index contributed by atoms with van der Waals surface area (Å²) < 4.78 is 0. The van der Waals surface area contributed by atoms with Crippen molar-refractivity contribution in [1.82, 2.24) is 4.90 Å². The van der Waals surface area contributed by atoms with E-state index in [0.717, 1.165) is 25.7 Å². The summed E-state index contributed by atoms with van der Waals surface area (Å²) in [5, 5.41) is 0. The molecule has 1 aliphatic heterocycles. The van der Waals surface area contributed by atoms with Crippen LogP contribution in [0.2, 0.25) is 0 Å². The number of amides is 2. The van der Waals surface area contributed by atoms with E-state index in [1.165, 1.54) is 4.90 Å². The first kappa shape index (κ1) is 8.73. The van der Waals surface area contributed by atoms with Crippen molar-refractivity contribution in [3.8, 4) is 0 Å². The molecule has 0 N–H and O–H groups in total. The van der Waals surface area contributed by atoms with Gasteiger partial charge in [0.1, 0.15) is 0 Å². The van der Waals surface area contributed by atoms with Crippen molar-refractivity contribution < 1.29 is 9.59 Å². The first-order valence-corrected chi connectivity index (χ1v) is 4.99. The van der Waals surface area contributed by atoms with Gasteiger partial charge in [0.15, 0.2) is 0 Å². The highest BCUT2D eigenvalue weighted by molar-refractivity contribution is 6.02. The number of hydrogen-bond donors (Lipinski definition) is 0. The molecule has 72 valence electrons. The molecule has 0 bridgehead atoms. The monoisotopic (exact) mass is 181 g/mol. The maximum absolute atomic E-state index is 11.5. The molecule has 2 amide bonds. The fourth-order valence-corrected chi connectivity index (χ4v) is 2.54. The third kappa shape index (κ3) is 1.26. The molecule has 13 heavy (non-hydrogen) atoms. The predicted octanol–water partition coefficient (Wildman–Crippen LogP) is 1.47. The van der Waals surface area contributed by atoms with E-state index in [1.54, 1.807) is 0 Å². The highest BCUT2D eigenvalue weighted by atomic mass is 16.2. The molecule has 0 spiro atoms. The van der Waals surface area contributed by atoms with Crippen LogP contribution in [-0.4, -0.2) is 22.3 Å². The number of hydrogen-bond acceptors (Lipinski definition) is 2. The standard InChI is InChI=1S/C10H15NO2/c1-10(6-2-3-7-10)11-8(12)4-5-9(11)13/h2-7H2,1H3. The Labute approximate surface area is 78.1 Å². The average molecular weight is 181 g/mol. The number of carbonyl (C=O) groups is 2. The van der Waals surface area contributed by atoms with Gasteiger partial charge in [-0.2, -0.15) is 0 Å². The van der Waals surface area contributed by atoms with Crippen LogP contribution in [0.4, 0.5) is 0 Å². The quantitative estimate of drug-likeness (QED) is 0.574. The lowest BCUT2D eigenvalue weighted by atomic mass is 9.98. The second-order valence-corrected chi connectivity index (χ2v) is 4.33. The van der Waals surface area contributed by atoms with Gasteiger partial charge in [0.2, 0.25) is 11.8 Å². The van der Waals surface area contributed by atoms with Gasteiger partial charge in [0, 0.05) is 18.4 Å². The Hall–Kier alpha value is -0.860. The van der Waals surface area contributed by atoms with E-state index in [-0.39, 0.29) is 17.4 Å². The minimum absolute atomic E-state index is 0.0365. The zero-order chi connectivity index (χ0) is 9.47. The van der Waals surface area contributed by atoms with Crippen LogP contribution in [0, 0.1) is 0 Å². The molecule has 2 aliphatic rings. The molecule has 1 aliphatic carbocycles. The summed E-state index contributed by atoms with van der Waals surface area (Å²) in [6, 6.07) is 0. The Morgan fingerprint density at radius 3 is 2.00 bits per heavy atom. The molecular formula is C10H15NO2. The molecule has 2 fully saturated rings. The van der Waals surface area contributed by atoms with Gasteiger partial charge in [0.25, 0.3) is 0 Å². The molecule has 2 rings (SSSR count). The van der Waals surface area contributed by atoms with Crippen LogP contribution >= 0.6 is 0 Å². The summed E-state index contributed by atoms with van der Waals surface area (Å²) in [5.41, 5.74) is -0.148. The molecule has 0 radical (unpaired) electrons. The Morgan fingerprint density at radius 1 is 1.08 bits per heavy atom. The van der Waals surface area contributed by atoms with Gasteiger partial charge < -0.3 is 0 Å². The number of nitrogens with zero attached hydrogens (tertiary/aromatic N) is 1. The highest BCUT2D eigenvalue weighted by Crippen LogP contribution is 2.37. The van der Waals surface area contributed by atoms with E-state index in [0.29, 0.717) is 12.8 Å². The van der Waals surface area contributed by atoms with Gasteiger partial charge in [-0.1, -0.05) is 12.8 Å². The van der Waals surface area contributed by atoms with Crippen molar-refractivity contribution in [2.75, 3.05) is 0 Å². The molecule has 1 saturated heterocycles. The average Bonchev–Trinajstić information content (AvgIpc) is 2.60. The topological polar surface area (TPSA) is 37.4 Å². The summed E-state index contributed by atoms with van der Waals surface area (Å²) in [7, 11) is 0. The lowest BCUT2D eigenvalue weighted by Gasteiger charge is -2.33. The Balaban J connectivity index is 2.22.